The Bertz CT molecular complexity index is 482. The fraction of sp³-hybridized carbons (Fsp3) is 0.583. The molecule has 0 spiro atoms. The number of morpholine rings is 1. The van der Waals surface area contributed by atoms with E-state index in [0.717, 1.165) is 19.6 Å². The number of rotatable bonds is 5. The first-order chi connectivity index (χ1) is 9.58. The fourth-order valence-electron chi connectivity index (χ4n) is 2.14. The maximum atomic E-state index is 10.8. The van der Waals surface area contributed by atoms with Gasteiger partial charge in [-0.3, -0.25) is 15.0 Å². The van der Waals surface area contributed by atoms with Crippen molar-refractivity contribution in [1.29, 1.82) is 0 Å². The number of nitro groups is 1. The molecule has 110 valence electrons. The van der Waals surface area contributed by atoms with Gasteiger partial charge in [-0.05, 0) is 6.54 Å². The van der Waals surface area contributed by atoms with Crippen molar-refractivity contribution in [3.05, 3.63) is 22.2 Å². The summed E-state index contributed by atoms with van der Waals surface area (Å²) in [5.41, 5.74) is 5.48. The first kappa shape index (κ1) is 14.5. The number of nitrogen functional groups attached to an aromatic ring is 1. The third-order valence-electron chi connectivity index (χ3n) is 3.22. The van der Waals surface area contributed by atoms with Gasteiger partial charge in [0, 0.05) is 19.6 Å². The number of nitrogens with zero attached hydrogens (tertiary/aromatic N) is 3. The SMILES string of the molecule is CCN1CCOC(CNc2cc([N+](=O)[O-])cc(N)n2)C1. The van der Waals surface area contributed by atoms with Crippen LogP contribution in [0.15, 0.2) is 12.1 Å². The highest BCUT2D eigenvalue weighted by Gasteiger charge is 2.19. The average Bonchev–Trinajstić information content (AvgIpc) is 2.44. The molecule has 0 bridgehead atoms. The molecule has 1 aromatic heterocycles. The van der Waals surface area contributed by atoms with Crippen molar-refractivity contribution in [2.75, 3.05) is 43.8 Å². The van der Waals surface area contributed by atoms with E-state index < -0.39 is 4.92 Å². The molecule has 1 atom stereocenters. The van der Waals surface area contributed by atoms with E-state index in [1.807, 2.05) is 0 Å². The topological polar surface area (TPSA) is 107 Å². The third-order valence-corrected chi connectivity index (χ3v) is 3.22. The van der Waals surface area contributed by atoms with Crippen molar-refractivity contribution in [1.82, 2.24) is 9.88 Å². The van der Waals surface area contributed by atoms with Crippen LogP contribution in [0, 0.1) is 10.1 Å². The average molecular weight is 281 g/mol. The summed E-state index contributed by atoms with van der Waals surface area (Å²) in [5, 5.41) is 13.8. The molecule has 20 heavy (non-hydrogen) atoms. The van der Waals surface area contributed by atoms with E-state index in [9.17, 15) is 10.1 Å². The molecule has 1 unspecified atom stereocenters. The Morgan fingerprint density at radius 3 is 3.15 bits per heavy atom. The van der Waals surface area contributed by atoms with E-state index >= 15 is 0 Å². The Hall–Kier alpha value is -1.93. The molecule has 2 rings (SSSR count). The standard InChI is InChI=1S/C12H19N5O3/c1-2-16-3-4-20-10(8-16)7-14-12-6-9(17(18)19)5-11(13)15-12/h5-6,10H,2-4,7-8H2,1H3,(H3,13,14,15). The Labute approximate surface area is 117 Å². The number of hydrogen-bond acceptors (Lipinski definition) is 7. The lowest BCUT2D eigenvalue weighted by Gasteiger charge is -2.32. The number of aromatic nitrogens is 1. The van der Waals surface area contributed by atoms with Gasteiger partial charge in [0.2, 0.25) is 0 Å². The van der Waals surface area contributed by atoms with Crippen LogP contribution in [0.2, 0.25) is 0 Å². The molecule has 1 aromatic rings. The van der Waals surface area contributed by atoms with Crippen LogP contribution in [0.25, 0.3) is 0 Å². The molecule has 0 aliphatic carbocycles. The normalized spacial score (nSPS) is 19.8. The number of nitrogens with one attached hydrogen (secondary N) is 1. The van der Waals surface area contributed by atoms with E-state index in [0.29, 0.717) is 19.0 Å². The highest BCUT2D eigenvalue weighted by atomic mass is 16.6. The zero-order valence-electron chi connectivity index (χ0n) is 11.4. The number of anilines is 2. The summed E-state index contributed by atoms with van der Waals surface area (Å²) >= 11 is 0. The van der Waals surface area contributed by atoms with Crippen molar-refractivity contribution in [2.24, 2.45) is 0 Å². The first-order valence-electron chi connectivity index (χ1n) is 6.58. The highest BCUT2D eigenvalue weighted by Crippen LogP contribution is 2.19. The molecule has 2 heterocycles. The number of hydrogen-bond donors (Lipinski definition) is 2. The molecule has 1 aliphatic rings. The van der Waals surface area contributed by atoms with Crippen LogP contribution < -0.4 is 11.1 Å². The molecule has 1 saturated heterocycles. The quantitative estimate of drug-likeness (QED) is 0.604. The Kier molecular flexibility index (Phi) is 4.70. The zero-order valence-corrected chi connectivity index (χ0v) is 11.4. The minimum atomic E-state index is -0.487. The molecule has 1 fully saturated rings. The Morgan fingerprint density at radius 2 is 2.45 bits per heavy atom. The maximum absolute atomic E-state index is 10.8. The lowest BCUT2D eigenvalue weighted by atomic mass is 10.2. The van der Waals surface area contributed by atoms with E-state index in [-0.39, 0.29) is 17.6 Å². The van der Waals surface area contributed by atoms with Crippen LogP contribution in [-0.4, -0.2) is 53.7 Å². The molecule has 0 amide bonds. The number of pyridine rings is 1. The van der Waals surface area contributed by atoms with Crippen LogP contribution in [0.1, 0.15) is 6.92 Å². The first-order valence-corrected chi connectivity index (χ1v) is 6.58. The Balaban J connectivity index is 1.95. The zero-order chi connectivity index (χ0) is 14.5. The van der Waals surface area contributed by atoms with Crippen molar-refractivity contribution in [3.63, 3.8) is 0 Å². The van der Waals surface area contributed by atoms with E-state index in [4.69, 9.17) is 10.5 Å². The van der Waals surface area contributed by atoms with E-state index in [1.54, 1.807) is 0 Å². The van der Waals surface area contributed by atoms with Crippen molar-refractivity contribution >= 4 is 17.3 Å². The van der Waals surface area contributed by atoms with E-state index in [2.05, 4.69) is 22.1 Å². The largest absolute Gasteiger partial charge is 0.383 e. The second kappa shape index (κ2) is 6.49. The molecule has 3 N–H and O–H groups in total. The smallest absolute Gasteiger partial charge is 0.276 e. The summed E-state index contributed by atoms with van der Waals surface area (Å²) in [5.74, 6) is 0.523. The fourth-order valence-corrected chi connectivity index (χ4v) is 2.14. The van der Waals surface area contributed by atoms with Gasteiger partial charge in [0.15, 0.2) is 0 Å². The van der Waals surface area contributed by atoms with Crippen molar-refractivity contribution < 1.29 is 9.66 Å². The summed E-state index contributed by atoms with van der Waals surface area (Å²) in [4.78, 5) is 16.6. The lowest BCUT2D eigenvalue weighted by Crippen LogP contribution is -2.45. The summed E-state index contributed by atoms with van der Waals surface area (Å²) < 4.78 is 5.64. The second-order valence-electron chi connectivity index (χ2n) is 4.66. The summed E-state index contributed by atoms with van der Waals surface area (Å²) in [6.07, 6.45) is 0.0472. The highest BCUT2D eigenvalue weighted by molar-refractivity contribution is 5.52. The Morgan fingerprint density at radius 1 is 1.65 bits per heavy atom. The number of nitrogens with two attached hydrogens (primary N) is 1. The van der Waals surface area contributed by atoms with Gasteiger partial charge in [-0.25, -0.2) is 4.98 Å². The molecule has 8 heteroatoms. The predicted octanol–water partition coefficient (Wildman–Crippen LogP) is 0.705. The third kappa shape index (κ3) is 3.78. The lowest BCUT2D eigenvalue weighted by molar-refractivity contribution is -0.384. The van der Waals surface area contributed by atoms with E-state index in [1.165, 1.54) is 12.1 Å². The van der Waals surface area contributed by atoms with Crippen LogP contribution >= 0.6 is 0 Å². The van der Waals surface area contributed by atoms with Gasteiger partial charge in [-0.15, -0.1) is 0 Å². The van der Waals surface area contributed by atoms with Crippen molar-refractivity contribution in [2.45, 2.75) is 13.0 Å². The van der Waals surface area contributed by atoms with Crippen LogP contribution in [0.3, 0.4) is 0 Å². The molecule has 1 aliphatic heterocycles. The summed E-state index contributed by atoms with van der Waals surface area (Å²) in [7, 11) is 0. The molecule has 8 nitrogen and oxygen atoms in total. The van der Waals surface area contributed by atoms with Gasteiger partial charge < -0.3 is 15.8 Å². The molecule has 0 aromatic carbocycles. The number of likely N-dealkylation sites (N-methyl/N-ethyl adjacent to an activating group) is 1. The van der Waals surface area contributed by atoms with Crippen LogP contribution in [0.4, 0.5) is 17.3 Å². The molecule has 0 saturated carbocycles. The minimum absolute atomic E-state index is 0.0472. The molecular weight excluding hydrogens is 262 g/mol. The van der Waals surface area contributed by atoms with Gasteiger partial charge in [-0.2, -0.15) is 0 Å². The van der Waals surface area contributed by atoms with Crippen LogP contribution in [0.5, 0.6) is 0 Å². The number of ether oxygens (including phenoxy) is 1. The monoisotopic (exact) mass is 281 g/mol. The summed E-state index contributed by atoms with van der Waals surface area (Å²) in [6, 6.07) is 2.61. The van der Waals surface area contributed by atoms with Gasteiger partial charge >= 0.3 is 0 Å². The van der Waals surface area contributed by atoms with Crippen molar-refractivity contribution in [3.8, 4) is 0 Å². The maximum Gasteiger partial charge on any atom is 0.276 e. The molecule has 0 radical (unpaired) electrons. The van der Waals surface area contributed by atoms with Gasteiger partial charge in [0.1, 0.15) is 11.6 Å². The van der Waals surface area contributed by atoms with Crippen LogP contribution in [-0.2, 0) is 4.74 Å². The summed E-state index contributed by atoms with van der Waals surface area (Å²) in [6.45, 7) is 6.12. The van der Waals surface area contributed by atoms with Gasteiger partial charge in [-0.1, -0.05) is 6.92 Å². The predicted molar refractivity (Wildman–Crippen MR) is 75.6 cm³/mol. The second-order valence-corrected chi connectivity index (χ2v) is 4.66. The van der Waals surface area contributed by atoms with Gasteiger partial charge in [0.25, 0.3) is 5.69 Å². The van der Waals surface area contributed by atoms with Gasteiger partial charge in [0.05, 0.1) is 29.8 Å². The molecular formula is C12H19N5O3. The minimum Gasteiger partial charge on any atom is -0.383 e.